The number of rotatable bonds is 2. The third-order valence-electron chi connectivity index (χ3n) is 2.14. The average Bonchev–Trinajstić information content (AvgIpc) is 2.28. The Morgan fingerprint density at radius 1 is 1.67 bits per heavy atom. The summed E-state index contributed by atoms with van der Waals surface area (Å²) in [5, 5.41) is 8.87. The topological polar surface area (TPSA) is 42.2 Å². The molecule has 0 aromatic carbocycles. The number of aryl methyl sites for hydroxylation is 2. The molecule has 0 fully saturated rings. The van der Waals surface area contributed by atoms with Gasteiger partial charge in [0.05, 0.1) is 0 Å². The van der Waals surface area contributed by atoms with Crippen LogP contribution in [0.3, 0.4) is 0 Å². The summed E-state index contributed by atoms with van der Waals surface area (Å²) in [5.41, 5.74) is 2.31. The SMILES string of the molecule is CCc1cc(C)n(C)c1C(=O)O. The Bertz CT molecular complexity index is 313. The third-order valence-corrected chi connectivity index (χ3v) is 2.14. The summed E-state index contributed by atoms with van der Waals surface area (Å²) in [5.74, 6) is -0.845. The number of hydrogen-bond acceptors (Lipinski definition) is 1. The zero-order chi connectivity index (χ0) is 9.30. The van der Waals surface area contributed by atoms with Crippen molar-refractivity contribution in [2.75, 3.05) is 0 Å². The van der Waals surface area contributed by atoms with Crippen LogP contribution in [0.15, 0.2) is 6.07 Å². The standard InChI is InChI=1S/C9H13NO2/c1-4-7-5-6(2)10(3)8(7)9(11)12/h5H,4H2,1-3H3,(H,11,12). The van der Waals surface area contributed by atoms with Crippen molar-refractivity contribution in [2.24, 2.45) is 7.05 Å². The van der Waals surface area contributed by atoms with E-state index < -0.39 is 5.97 Å². The first-order chi connectivity index (χ1) is 5.57. The zero-order valence-electron chi connectivity index (χ0n) is 7.59. The molecular weight excluding hydrogens is 154 g/mol. The van der Waals surface area contributed by atoms with Crippen LogP contribution in [0.1, 0.15) is 28.7 Å². The molecule has 1 aromatic rings. The molecule has 66 valence electrons. The predicted octanol–water partition coefficient (Wildman–Crippen LogP) is 1.59. The van der Waals surface area contributed by atoms with Gasteiger partial charge in [-0.25, -0.2) is 4.79 Å². The van der Waals surface area contributed by atoms with Crippen LogP contribution < -0.4 is 0 Å². The highest BCUT2D eigenvalue weighted by Gasteiger charge is 2.14. The monoisotopic (exact) mass is 167 g/mol. The summed E-state index contributed by atoms with van der Waals surface area (Å²) in [6.07, 6.45) is 0.767. The Balaban J connectivity index is 3.31. The lowest BCUT2D eigenvalue weighted by Crippen LogP contribution is -2.07. The lowest BCUT2D eigenvalue weighted by atomic mass is 10.2. The van der Waals surface area contributed by atoms with Crippen molar-refractivity contribution in [3.05, 3.63) is 23.0 Å². The van der Waals surface area contributed by atoms with Crippen LogP contribution in [0.4, 0.5) is 0 Å². The van der Waals surface area contributed by atoms with Gasteiger partial charge in [0.15, 0.2) is 0 Å². The van der Waals surface area contributed by atoms with E-state index in [4.69, 9.17) is 5.11 Å². The van der Waals surface area contributed by atoms with Gasteiger partial charge >= 0.3 is 5.97 Å². The molecule has 1 aromatic heterocycles. The van der Waals surface area contributed by atoms with Crippen molar-refractivity contribution >= 4 is 5.97 Å². The Labute approximate surface area is 71.6 Å². The van der Waals surface area contributed by atoms with Crippen LogP contribution in [-0.2, 0) is 13.5 Å². The number of hydrogen-bond donors (Lipinski definition) is 1. The van der Waals surface area contributed by atoms with Crippen molar-refractivity contribution in [3.63, 3.8) is 0 Å². The van der Waals surface area contributed by atoms with Gasteiger partial charge in [0, 0.05) is 12.7 Å². The normalized spacial score (nSPS) is 10.2. The van der Waals surface area contributed by atoms with Crippen LogP contribution in [0.25, 0.3) is 0 Å². The van der Waals surface area contributed by atoms with Crippen LogP contribution in [0.5, 0.6) is 0 Å². The van der Waals surface area contributed by atoms with E-state index in [1.54, 1.807) is 11.6 Å². The van der Waals surface area contributed by atoms with Gasteiger partial charge < -0.3 is 9.67 Å². The number of carboxylic acid groups (broad SMARTS) is 1. The van der Waals surface area contributed by atoms with Gasteiger partial charge in [0.25, 0.3) is 0 Å². The van der Waals surface area contributed by atoms with Gasteiger partial charge in [-0.2, -0.15) is 0 Å². The second kappa shape index (κ2) is 3.01. The van der Waals surface area contributed by atoms with Crippen LogP contribution in [0.2, 0.25) is 0 Å². The minimum Gasteiger partial charge on any atom is -0.477 e. The molecule has 0 unspecified atom stereocenters. The van der Waals surface area contributed by atoms with Crippen molar-refractivity contribution in [1.29, 1.82) is 0 Å². The van der Waals surface area contributed by atoms with Crippen molar-refractivity contribution in [2.45, 2.75) is 20.3 Å². The smallest absolute Gasteiger partial charge is 0.352 e. The number of aromatic nitrogens is 1. The maximum atomic E-state index is 10.8. The van der Waals surface area contributed by atoms with Crippen molar-refractivity contribution in [1.82, 2.24) is 4.57 Å². The molecular formula is C9H13NO2. The van der Waals surface area contributed by atoms with Crippen LogP contribution in [0, 0.1) is 6.92 Å². The van der Waals surface area contributed by atoms with E-state index in [1.165, 1.54) is 0 Å². The Kier molecular flexibility index (Phi) is 2.22. The quantitative estimate of drug-likeness (QED) is 0.726. The number of carbonyl (C=O) groups is 1. The molecule has 1 heterocycles. The first-order valence-corrected chi connectivity index (χ1v) is 3.96. The van der Waals surface area contributed by atoms with Gasteiger partial charge in [0.2, 0.25) is 0 Å². The Morgan fingerprint density at radius 3 is 2.58 bits per heavy atom. The van der Waals surface area contributed by atoms with Crippen molar-refractivity contribution < 1.29 is 9.90 Å². The number of aromatic carboxylic acids is 1. The molecule has 3 nitrogen and oxygen atoms in total. The summed E-state index contributed by atoms with van der Waals surface area (Å²) in [6, 6.07) is 1.92. The summed E-state index contributed by atoms with van der Waals surface area (Å²) in [7, 11) is 1.78. The fourth-order valence-electron chi connectivity index (χ4n) is 1.36. The summed E-state index contributed by atoms with van der Waals surface area (Å²) in [4.78, 5) is 10.8. The Hall–Kier alpha value is -1.25. The van der Waals surface area contributed by atoms with Gasteiger partial charge in [0.1, 0.15) is 5.69 Å². The highest BCUT2D eigenvalue weighted by Crippen LogP contribution is 2.14. The highest BCUT2D eigenvalue weighted by molar-refractivity contribution is 5.88. The molecule has 1 rings (SSSR count). The maximum Gasteiger partial charge on any atom is 0.352 e. The number of carboxylic acids is 1. The zero-order valence-corrected chi connectivity index (χ0v) is 7.59. The van der Waals surface area contributed by atoms with E-state index in [-0.39, 0.29) is 0 Å². The molecule has 0 bridgehead atoms. The summed E-state index contributed by atoms with van der Waals surface area (Å²) < 4.78 is 1.71. The van der Waals surface area contributed by atoms with Crippen molar-refractivity contribution in [3.8, 4) is 0 Å². The predicted molar refractivity (Wildman–Crippen MR) is 46.5 cm³/mol. The fourth-order valence-corrected chi connectivity index (χ4v) is 1.36. The lowest BCUT2D eigenvalue weighted by molar-refractivity contribution is 0.0685. The first-order valence-electron chi connectivity index (χ1n) is 3.96. The molecule has 1 N–H and O–H groups in total. The molecule has 0 aliphatic carbocycles. The molecule has 0 saturated heterocycles. The molecule has 0 aliphatic rings. The molecule has 0 aliphatic heterocycles. The molecule has 12 heavy (non-hydrogen) atoms. The third kappa shape index (κ3) is 1.22. The van der Waals surface area contributed by atoms with E-state index >= 15 is 0 Å². The highest BCUT2D eigenvalue weighted by atomic mass is 16.4. The second-order valence-electron chi connectivity index (χ2n) is 2.88. The van der Waals surface area contributed by atoms with E-state index in [9.17, 15) is 4.79 Å². The Morgan fingerprint density at radius 2 is 2.25 bits per heavy atom. The maximum absolute atomic E-state index is 10.8. The molecule has 0 radical (unpaired) electrons. The van der Waals surface area contributed by atoms with Gasteiger partial charge in [-0.1, -0.05) is 6.92 Å². The molecule has 0 saturated carbocycles. The van der Waals surface area contributed by atoms with E-state index in [0.29, 0.717) is 5.69 Å². The fraction of sp³-hybridized carbons (Fsp3) is 0.444. The average molecular weight is 167 g/mol. The first kappa shape index (κ1) is 8.84. The summed E-state index contributed by atoms with van der Waals surface area (Å²) >= 11 is 0. The second-order valence-corrected chi connectivity index (χ2v) is 2.88. The molecule has 0 spiro atoms. The molecule has 0 amide bonds. The number of nitrogens with zero attached hydrogens (tertiary/aromatic N) is 1. The lowest BCUT2D eigenvalue weighted by Gasteiger charge is -2.00. The van der Waals surface area contributed by atoms with E-state index in [1.807, 2.05) is 19.9 Å². The van der Waals surface area contributed by atoms with Gasteiger partial charge in [-0.15, -0.1) is 0 Å². The minimum absolute atomic E-state index is 0.412. The van der Waals surface area contributed by atoms with Gasteiger partial charge in [-0.05, 0) is 25.0 Å². The molecule has 3 heteroatoms. The van der Waals surface area contributed by atoms with Crippen LogP contribution >= 0.6 is 0 Å². The van der Waals surface area contributed by atoms with E-state index in [2.05, 4.69) is 0 Å². The van der Waals surface area contributed by atoms with E-state index in [0.717, 1.165) is 17.7 Å². The largest absolute Gasteiger partial charge is 0.477 e. The van der Waals surface area contributed by atoms with Gasteiger partial charge in [-0.3, -0.25) is 0 Å². The molecule has 0 atom stereocenters. The summed E-state index contributed by atoms with van der Waals surface area (Å²) in [6.45, 7) is 3.87. The minimum atomic E-state index is -0.845. The van der Waals surface area contributed by atoms with Crippen LogP contribution in [-0.4, -0.2) is 15.6 Å².